The molecule has 0 aromatic carbocycles. The molecular weight excluding hydrogens is 947 g/mol. The van der Waals surface area contributed by atoms with Crippen molar-refractivity contribution in [2.24, 2.45) is 0 Å². The van der Waals surface area contributed by atoms with Gasteiger partial charge >= 0.3 is 5.97 Å². The molecule has 77 heavy (non-hydrogen) atoms. The number of allylic oxidation sites excluding steroid dienone is 4. The van der Waals surface area contributed by atoms with Crippen LogP contribution in [0.5, 0.6) is 0 Å². The smallest absolute Gasteiger partial charge is 0.305 e. The predicted molar refractivity (Wildman–Crippen MR) is 338 cm³/mol. The average molecular weight is 1080 g/mol. The van der Waals surface area contributed by atoms with Crippen LogP contribution in [-0.4, -0.2) is 47.4 Å². The van der Waals surface area contributed by atoms with Crippen LogP contribution in [0.15, 0.2) is 24.3 Å². The Kier molecular flexibility index (Phi) is 65.4. The molecule has 0 aliphatic carbocycles. The third-order valence-electron chi connectivity index (χ3n) is 16.5. The first-order chi connectivity index (χ1) is 38.0. The second-order valence-electron chi connectivity index (χ2n) is 24.2. The lowest BCUT2D eigenvalue weighted by Crippen LogP contribution is -2.45. The number of nitrogens with one attached hydrogen (secondary N) is 1. The SMILES string of the molecule is CCCCCCCC/C=C\CCCCCCCCCCCC(=O)OCCCCCCCCCCCCCC/C=C\CCCCCCCCCC(=O)NC(CO)C(O)CCCCCCCCCCCCCCCCCCCC. The quantitative estimate of drug-likeness (QED) is 0.0320. The van der Waals surface area contributed by atoms with E-state index in [1.807, 2.05) is 0 Å². The van der Waals surface area contributed by atoms with Crippen LogP contribution < -0.4 is 5.32 Å². The zero-order chi connectivity index (χ0) is 55.7. The molecule has 0 aliphatic heterocycles. The molecule has 1 amide bonds. The van der Waals surface area contributed by atoms with Gasteiger partial charge in [-0.25, -0.2) is 0 Å². The Morgan fingerprint density at radius 2 is 0.610 bits per heavy atom. The van der Waals surface area contributed by atoms with E-state index in [2.05, 4.69) is 43.5 Å². The molecule has 3 N–H and O–H groups in total. The van der Waals surface area contributed by atoms with Gasteiger partial charge < -0.3 is 20.3 Å². The predicted octanol–water partition coefficient (Wildman–Crippen LogP) is 22.5. The molecule has 2 atom stereocenters. The zero-order valence-electron chi connectivity index (χ0n) is 52.2. The summed E-state index contributed by atoms with van der Waals surface area (Å²) in [6.45, 7) is 4.98. The highest BCUT2D eigenvalue weighted by Gasteiger charge is 2.20. The van der Waals surface area contributed by atoms with Gasteiger partial charge in [0.25, 0.3) is 0 Å². The molecular formula is C71H137NO5. The van der Waals surface area contributed by atoms with Crippen molar-refractivity contribution in [3.8, 4) is 0 Å². The first kappa shape index (κ1) is 75.3. The minimum atomic E-state index is -0.669. The number of unbranched alkanes of at least 4 members (excludes halogenated alkanes) is 51. The summed E-state index contributed by atoms with van der Waals surface area (Å²) in [5, 5.41) is 23.4. The van der Waals surface area contributed by atoms with Gasteiger partial charge in [0.2, 0.25) is 5.91 Å². The zero-order valence-corrected chi connectivity index (χ0v) is 52.2. The Hall–Kier alpha value is -1.66. The molecule has 456 valence electrons. The van der Waals surface area contributed by atoms with E-state index < -0.39 is 12.1 Å². The van der Waals surface area contributed by atoms with Gasteiger partial charge in [0.05, 0.1) is 25.4 Å². The summed E-state index contributed by atoms with van der Waals surface area (Å²) in [5.74, 6) is -0.0258. The Morgan fingerprint density at radius 1 is 0.351 bits per heavy atom. The standard InChI is InChI=1S/C71H137NO5/c1-3-5-7-9-11-13-15-17-19-21-28-33-37-41-45-49-53-57-61-65-71(76)77-66-62-58-54-50-46-42-38-34-30-27-25-23-24-26-29-32-36-40-44-48-52-56-60-64-70(75)72-68(67-73)69(74)63-59-55-51-47-43-39-35-31-22-20-18-16-14-12-10-8-6-4-2/h17,19,26,29,68-69,73-74H,3-16,18,20-25,27-28,30-67H2,1-2H3,(H,72,75)/b19-17-,29-26-. The molecule has 2 unspecified atom stereocenters. The van der Waals surface area contributed by atoms with E-state index in [0.29, 0.717) is 25.9 Å². The van der Waals surface area contributed by atoms with Crippen molar-refractivity contribution in [1.29, 1.82) is 0 Å². The van der Waals surface area contributed by atoms with E-state index in [-0.39, 0.29) is 18.5 Å². The number of aliphatic hydroxyl groups excluding tert-OH is 2. The molecule has 0 heterocycles. The van der Waals surface area contributed by atoms with Crippen LogP contribution in [-0.2, 0) is 14.3 Å². The maximum Gasteiger partial charge on any atom is 0.305 e. The van der Waals surface area contributed by atoms with Crippen molar-refractivity contribution in [1.82, 2.24) is 5.32 Å². The number of esters is 1. The number of aliphatic hydroxyl groups is 2. The van der Waals surface area contributed by atoms with Gasteiger partial charge in [-0.05, 0) is 77.0 Å². The van der Waals surface area contributed by atoms with Crippen LogP contribution in [0.4, 0.5) is 0 Å². The van der Waals surface area contributed by atoms with Crippen molar-refractivity contribution >= 4 is 11.9 Å². The maximum absolute atomic E-state index is 12.5. The molecule has 0 aliphatic rings. The molecule has 0 bridgehead atoms. The van der Waals surface area contributed by atoms with Crippen LogP contribution in [0.25, 0.3) is 0 Å². The molecule has 0 radical (unpaired) electrons. The van der Waals surface area contributed by atoms with E-state index in [1.165, 1.54) is 315 Å². The van der Waals surface area contributed by atoms with Crippen LogP contribution >= 0.6 is 0 Å². The topological polar surface area (TPSA) is 95.9 Å². The Bertz CT molecular complexity index is 1200. The highest BCUT2D eigenvalue weighted by Crippen LogP contribution is 2.19. The Labute approximate surface area is 481 Å². The van der Waals surface area contributed by atoms with Crippen molar-refractivity contribution < 1.29 is 24.5 Å². The maximum atomic E-state index is 12.5. The normalized spacial score (nSPS) is 12.6. The third kappa shape index (κ3) is 63.4. The highest BCUT2D eigenvalue weighted by atomic mass is 16.5. The first-order valence-electron chi connectivity index (χ1n) is 35.1. The molecule has 0 aromatic rings. The van der Waals surface area contributed by atoms with Crippen molar-refractivity contribution in [2.45, 2.75) is 405 Å². The summed E-state index contributed by atoms with van der Waals surface area (Å²) in [4.78, 5) is 24.6. The Balaban J connectivity index is 3.39. The molecule has 0 spiro atoms. The summed E-state index contributed by atoms with van der Waals surface area (Å²) < 4.78 is 5.51. The van der Waals surface area contributed by atoms with E-state index in [1.54, 1.807) is 0 Å². The summed E-state index contributed by atoms with van der Waals surface area (Å²) in [5.41, 5.74) is 0. The summed E-state index contributed by atoms with van der Waals surface area (Å²) in [6, 6.07) is -0.546. The van der Waals surface area contributed by atoms with Crippen molar-refractivity contribution in [2.75, 3.05) is 13.2 Å². The van der Waals surface area contributed by atoms with E-state index >= 15 is 0 Å². The fourth-order valence-electron chi connectivity index (χ4n) is 11.1. The molecule has 0 aromatic heterocycles. The van der Waals surface area contributed by atoms with Gasteiger partial charge in [0, 0.05) is 12.8 Å². The third-order valence-corrected chi connectivity index (χ3v) is 16.5. The van der Waals surface area contributed by atoms with E-state index in [0.717, 1.165) is 44.9 Å². The molecule has 6 heteroatoms. The van der Waals surface area contributed by atoms with Gasteiger partial charge in [-0.15, -0.1) is 0 Å². The van der Waals surface area contributed by atoms with Gasteiger partial charge in [0.1, 0.15) is 0 Å². The monoisotopic (exact) mass is 1080 g/mol. The number of amides is 1. The largest absolute Gasteiger partial charge is 0.466 e. The van der Waals surface area contributed by atoms with Crippen LogP contribution in [0.2, 0.25) is 0 Å². The van der Waals surface area contributed by atoms with Crippen LogP contribution in [0, 0.1) is 0 Å². The van der Waals surface area contributed by atoms with Crippen LogP contribution in [0.1, 0.15) is 393 Å². The molecule has 0 fully saturated rings. The number of hydrogen-bond acceptors (Lipinski definition) is 5. The lowest BCUT2D eigenvalue weighted by Gasteiger charge is -2.22. The molecule has 6 nitrogen and oxygen atoms in total. The second-order valence-corrected chi connectivity index (χ2v) is 24.2. The van der Waals surface area contributed by atoms with E-state index in [4.69, 9.17) is 4.74 Å². The first-order valence-corrected chi connectivity index (χ1v) is 35.1. The minimum Gasteiger partial charge on any atom is -0.466 e. The fraction of sp³-hybridized carbons (Fsp3) is 0.915. The number of rotatable bonds is 66. The minimum absolute atomic E-state index is 0.0120. The Morgan fingerprint density at radius 3 is 0.922 bits per heavy atom. The summed E-state index contributed by atoms with van der Waals surface area (Å²) in [6.07, 6.45) is 83.6. The number of hydrogen-bond donors (Lipinski definition) is 3. The molecule has 0 saturated carbocycles. The highest BCUT2D eigenvalue weighted by molar-refractivity contribution is 5.76. The average Bonchev–Trinajstić information content (AvgIpc) is 3.43. The fourth-order valence-corrected chi connectivity index (χ4v) is 11.1. The second kappa shape index (κ2) is 66.8. The summed E-state index contributed by atoms with van der Waals surface area (Å²) in [7, 11) is 0. The number of carbonyl (C=O) groups excluding carboxylic acids is 2. The van der Waals surface area contributed by atoms with Crippen LogP contribution in [0.3, 0.4) is 0 Å². The summed E-state index contributed by atoms with van der Waals surface area (Å²) >= 11 is 0. The van der Waals surface area contributed by atoms with E-state index in [9.17, 15) is 19.8 Å². The lowest BCUT2D eigenvalue weighted by molar-refractivity contribution is -0.143. The van der Waals surface area contributed by atoms with Gasteiger partial charge in [-0.3, -0.25) is 9.59 Å². The van der Waals surface area contributed by atoms with Gasteiger partial charge in [0.15, 0.2) is 0 Å². The number of carbonyl (C=O) groups is 2. The molecule has 0 saturated heterocycles. The van der Waals surface area contributed by atoms with Crippen molar-refractivity contribution in [3.05, 3.63) is 24.3 Å². The molecule has 0 rings (SSSR count). The number of ether oxygens (including phenoxy) is 1. The van der Waals surface area contributed by atoms with Crippen molar-refractivity contribution in [3.63, 3.8) is 0 Å². The lowest BCUT2D eigenvalue weighted by atomic mass is 10.0. The van der Waals surface area contributed by atoms with Gasteiger partial charge in [-0.2, -0.15) is 0 Å². The van der Waals surface area contributed by atoms with Gasteiger partial charge in [-0.1, -0.05) is 327 Å².